The number of methoxy groups -OCH3 is 1. The second-order valence-corrected chi connectivity index (χ2v) is 3.96. The van der Waals surface area contributed by atoms with E-state index in [2.05, 4.69) is 22.5 Å². The number of ketones is 1. The van der Waals surface area contributed by atoms with Crippen molar-refractivity contribution in [1.29, 1.82) is 0 Å². The highest BCUT2D eigenvalue weighted by molar-refractivity contribution is 9.11. The summed E-state index contributed by atoms with van der Waals surface area (Å²) in [6.45, 7) is 3.72. The van der Waals surface area contributed by atoms with Crippen molar-refractivity contribution in [2.45, 2.75) is 19.3 Å². The number of hydrogen-bond donors (Lipinski definition) is 0. The first-order valence-electron chi connectivity index (χ1n) is 4.49. The van der Waals surface area contributed by atoms with Crippen LogP contribution in [0.5, 0.6) is 0 Å². The molecule has 0 aliphatic heterocycles. The van der Waals surface area contributed by atoms with Crippen molar-refractivity contribution in [2.75, 3.05) is 7.11 Å². The Kier molecular flexibility index (Phi) is 4.14. The van der Waals surface area contributed by atoms with Crippen LogP contribution in [0.3, 0.4) is 0 Å². The molecular weight excluding hydrogens is 244 g/mol. The molecule has 0 saturated carbocycles. The first kappa shape index (κ1) is 11.2. The lowest BCUT2D eigenvalue weighted by atomic mass is 10.1. The van der Waals surface area contributed by atoms with Gasteiger partial charge in [0.1, 0.15) is 5.76 Å². The number of halogens is 1. The molecule has 1 aliphatic carbocycles. The molecule has 76 valence electrons. The summed E-state index contributed by atoms with van der Waals surface area (Å²) < 4.78 is 6.03. The maximum Gasteiger partial charge on any atom is 0.162 e. The topological polar surface area (TPSA) is 26.3 Å². The van der Waals surface area contributed by atoms with Crippen LogP contribution in [-0.4, -0.2) is 12.9 Å². The molecule has 0 N–H and O–H groups in total. The Bertz CT molecular complexity index is 313. The molecule has 0 spiro atoms. The molecule has 0 fully saturated rings. The third-order valence-electron chi connectivity index (χ3n) is 2.05. The molecule has 1 rings (SSSR count). The monoisotopic (exact) mass is 256 g/mol. The molecule has 0 unspecified atom stereocenters. The van der Waals surface area contributed by atoms with Gasteiger partial charge in [-0.1, -0.05) is 12.7 Å². The van der Waals surface area contributed by atoms with Crippen molar-refractivity contribution in [1.82, 2.24) is 0 Å². The van der Waals surface area contributed by atoms with Gasteiger partial charge in [0.2, 0.25) is 0 Å². The standard InChI is InChI=1S/C11H13BrO2/c1-8-7-11(14-2)9(12)5-3-4-6-10(8)13/h5,7H,1,3-4,6H2,2H3/b9-5+,11-7+. The quantitative estimate of drug-likeness (QED) is 0.674. The van der Waals surface area contributed by atoms with Crippen molar-refractivity contribution >= 4 is 21.7 Å². The van der Waals surface area contributed by atoms with E-state index < -0.39 is 0 Å². The predicted octanol–water partition coefficient (Wildman–Crippen LogP) is 3.10. The molecule has 0 saturated heterocycles. The van der Waals surface area contributed by atoms with E-state index in [4.69, 9.17) is 4.74 Å². The Hall–Kier alpha value is -0.830. The normalized spacial score (nSPS) is 26.4. The zero-order chi connectivity index (χ0) is 10.6. The Labute approximate surface area is 92.5 Å². The second-order valence-electron chi connectivity index (χ2n) is 3.11. The van der Waals surface area contributed by atoms with Gasteiger partial charge < -0.3 is 4.74 Å². The molecule has 0 aromatic rings. The molecule has 0 amide bonds. The van der Waals surface area contributed by atoms with E-state index in [1.54, 1.807) is 13.2 Å². The van der Waals surface area contributed by atoms with Gasteiger partial charge in [0.15, 0.2) is 5.78 Å². The second kappa shape index (κ2) is 5.15. The molecule has 1 aliphatic rings. The van der Waals surface area contributed by atoms with Gasteiger partial charge in [0, 0.05) is 12.0 Å². The first-order valence-corrected chi connectivity index (χ1v) is 5.28. The lowest BCUT2D eigenvalue weighted by Gasteiger charge is -2.04. The highest BCUT2D eigenvalue weighted by Crippen LogP contribution is 2.23. The third-order valence-corrected chi connectivity index (χ3v) is 2.76. The van der Waals surface area contributed by atoms with Crippen molar-refractivity contribution < 1.29 is 9.53 Å². The lowest BCUT2D eigenvalue weighted by Crippen LogP contribution is -1.99. The van der Waals surface area contributed by atoms with Crippen LogP contribution in [0.15, 0.2) is 34.5 Å². The summed E-state index contributed by atoms with van der Waals surface area (Å²) >= 11 is 3.40. The summed E-state index contributed by atoms with van der Waals surface area (Å²) in [5, 5.41) is 0. The molecule has 0 bridgehead atoms. The van der Waals surface area contributed by atoms with Crippen molar-refractivity contribution in [2.24, 2.45) is 0 Å². The smallest absolute Gasteiger partial charge is 0.162 e. The zero-order valence-corrected chi connectivity index (χ0v) is 9.76. The maximum atomic E-state index is 11.4. The fourth-order valence-electron chi connectivity index (χ4n) is 1.22. The number of rotatable bonds is 1. The summed E-state index contributed by atoms with van der Waals surface area (Å²) in [5.74, 6) is 0.750. The Morgan fingerprint density at radius 1 is 1.57 bits per heavy atom. The van der Waals surface area contributed by atoms with Crippen molar-refractivity contribution in [3.63, 3.8) is 0 Å². The van der Waals surface area contributed by atoms with Crippen LogP contribution in [-0.2, 0) is 9.53 Å². The number of hydrogen-bond acceptors (Lipinski definition) is 2. The van der Waals surface area contributed by atoms with Gasteiger partial charge in [-0.15, -0.1) is 0 Å². The van der Waals surface area contributed by atoms with Crippen LogP contribution in [0, 0.1) is 0 Å². The number of ether oxygens (including phenoxy) is 1. The number of Topliss-reactive ketones (excluding diaryl/α,β-unsaturated/α-hetero) is 1. The van der Waals surface area contributed by atoms with Crippen LogP contribution in [0.1, 0.15) is 19.3 Å². The van der Waals surface area contributed by atoms with E-state index in [0.717, 1.165) is 17.3 Å². The highest BCUT2D eigenvalue weighted by atomic mass is 79.9. The molecule has 2 nitrogen and oxygen atoms in total. The zero-order valence-electron chi connectivity index (χ0n) is 8.18. The Balaban J connectivity index is 2.98. The van der Waals surface area contributed by atoms with Gasteiger partial charge >= 0.3 is 0 Å². The summed E-state index contributed by atoms with van der Waals surface area (Å²) in [7, 11) is 1.58. The Morgan fingerprint density at radius 3 is 2.93 bits per heavy atom. The van der Waals surface area contributed by atoms with E-state index >= 15 is 0 Å². The molecule has 0 aromatic carbocycles. The van der Waals surface area contributed by atoms with Crippen molar-refractivity contribution in [3.8, 4) is 0 Å². The molecule has 0 aromatic heterocycles. The predicted molar refractivity (Wildman–Crippen MR) is 60.1 cm³/mol. The third kappa shape index (κ3) is 2.84. The minimum Gasteiger partial charge on any atom is -0.496 e. The fraction of sp³-hybridized carbons (Fsp3) is 0.364. The van der Waals surface area contributed by atoms with E-state index in [0.29, 0.717) is 17.8 Å². The molecule has 0 atom stereocenters. The van der Waals surface area contributed by atoms with Gasteiger partial charge in [-0.25, -0.2) is 0 Å². The summed E-state index contributed by atoms with van der Waals surface area (Å²) in [6, 6.07) is 0. The molecule has 0 radical (unpaired) electrons. The van der Waals surface area contributed by atoms with Gasteiger partial charge in [0.05, 0.1) is 11.6 Å². The molecular formula is C11H13BrO2. The lowest BCUT2D eigenvalue weighted by molar-refractivity contribution is -0.115. The largest absolute Gasteiger partial charge is 0.496 e. The molecule has 3 heteroatoms. The van der Waals surface area contributed by atoms with Gasteiger partial charge in [-0.05, 0) is 34.8 Å². The summed E-state index contributed by atoms with van der Waals surface area (Å²) in [5.41, 5.74) is 0.508. The fourth-order valence-corrected chi connectivity index (χ4v) is 1.72. The van der Waals surface area contributed by atoms with Crippen molar-refractivity contribution in [3.05, 3.63) is 34.5 Å². The molecule has 0 heterocycles. The minimum absolute atomic E-state index is 0.0927. The number of carbonyl (C=O) groups excluding carboxylic acids is 1. The van der Waals surface area contributed by atoms with E-state index in [1.165, 1.54) is 0 Å². The number of carbonyl (C=O) groups is 1. The Morgan fingerprint density at radius 2 is 2.29 bits per heavy atom. The van der Waals surface area contributed by atoms with Gasteiger partial charge in [0.25, 0.3) is 0 Å². The minimum atomic E-state index is 0.0927. The van der Waals surface area contributed by atoms with E-state index in [9.17, 15) is 4.79 Å². The SMILES string of the molecule is C=C1/C=C(OC)\C(Br)=C/CCCC1=O. The van der Waals surface area contributed by atoms with Crippen LogP contribution in [0.2, 0.25) is 0 Å². The average molecular weight is 257 g/mol. The van der Waals surface area contributed by atoms with Gasteiger partial charge in [-0.2, -0.15) is 0 Å². The van der Waals surface area contributed by atoms with Crippen LogP contribution < -0.4 is 0 Å². The van der Waals surface area contributed by atoms with E-state index in [1.807, 2.05) is 6.08 Å². The molecule has 14 heavy (non-hydrogen) atoms. The van der Waals surface area contributed by atoms with Crippen LogP contribution in [0.25, 0.3) is 0 Å². The van der Waals surface area contributed by atoms with E-state index in [-0.39, 0.29) is 5.78 Å². The summed E-state index contributed by atoms with van der Waals surface area (Å²) in [6.07, 6.45) is 5.98. The summed E-state index contributed by atoms with van der Waals surface area (Å²) in [4.78, 5) is 11.4. The van der Waals surface area contributed by atoms with Crippen LogP contribution >= 0.6 is 15.9 Å². The average Bonchev–Trinajstić information content (AvgIpc) is 2.23. The highest BCUT2D eigenvalue weighted by Gasteiger charge is 2.10. The maximum absolute atomic E-state index is 11.4. The number of allylic oxidation sites excluding steroid dienone is 4. The van der Waals surface area contributed by atoms with Gasteiger partial charge in [-0.3, -0.25) is 4.79 Å². The first-order chi connectivity index (χ1) is 6.65. The van der Waals surface area contributed by atoms with Crippen LogP contribution in [0.4, 0.5) is 0 Å².